The Kier molecular flexibility index (Phi) is 5.75. The van der Waals surface area contributed by atoms with Gasteiger partial charge in [-0.2, -0.15) is 5.26 Å². The second-order valence-corrected chi connectivity index (χ2v) is 4.61. The fourth-order valence-electron chi connectivity index (χ4n) is 1.91. The summed E-state index contributed by atoms with van der Waals surface area (Å²) in [5.74, 6) is 0. The molecule has 1 heterocycles. The Balaban J connectivity index is 2.21. The van der Waals surface area contributed by atoms with E-state index in [1.165, 1.54) is 0 Å². The van der Waals surface area contributed by atoms with Crippen molar-refractivity contribution < 1.29 is 4.74 Å². The summed E-state index contributed by atoms with van der Waals surface area (Å²) in [4.78, 5) is 2.43. The van der Waals surface area contributed by atoms with Crippen molar-refractivity contribution in [2.45, 2.75) is 31.7 Å². The molecule has 1 N–H and O–H groups in total. The average molecular weight is 225 g/mol. The maximum absolute atomic E-state index is 9.02. The van der Waals surface area contributed by atoms with Gasteiger partial charge in [0.2, 0.25) is 0 Å². The zero-order valence-electron chi connectivity index (χ0n) is 10.5. The summed E-state index contributed by atoms with van der Waals surface area (Å²) in [6.07, 6.45) is 3.09. The summed E-state index contributed by atoms with van der Waals surface area (Å²) in [5.41, 5.74) is -0.373. The van der Waals surface area contributed by atoms with Crippen LogP contribution in [-0.2, 0) is 4.74 Å². The van der Waals surface area contributed by atoms with Crippen LogP contribution >= 0.6 is 0 Å². The number of nitriles is 1. The molecule has 16 heavy (non-hydrogen) atoms. The van der Waals surface area contributed by atoms with Crippen LogP contribution in [0.3, 0.4) is 0 Å². The van der Waals surface area contributed by atoms with Gasteiger partial charge < -0.3 is 15.0 Å². The van der Waals surface area contributed by atoms with Gasteiger partial charge in [0.25, 0.3) is 0 Å². The van der Waals surface area contributed by atoms with Gasteiger partial charge in [-0.05, 0) is 39.8 Å². The molecule has 0 aliphatic carbocycles. The molecule has 0 aromatic rings. The van der Waals surface area contributed by atoms with Gasteiger partial charge >= 0.3 is 0 Å². The van der Waals surface area contributed by atoms with E-state index in [1.54, 1.807) is 0 Å². The van der Waals surface area contributed by atoms with Crippen LogP contribution < -0.4 is 5.32 Å². The molecule has 0 spiro atoms. The standard InChI is InChI=1S/C12H23N3O/c1-12(11-13,14-2)5-3-6-15-7-4-9-16-10-8-15/h14H,3-10H2,1-2H3. The smallest absolute Gasteiger partial charge is 0.103 e. The Morgan fingerprint density at radius 2 is 2.25 bits per heavy atom. The maximum atomic E-state index is 9.02. The van der Waals surface area contributed by atoms with E-state index in [9.17, 15) is 0 Å². The predicted molar refractivity (Wildman–Crippen MR) is 64.2 cm³/mol. The molecule has 0 bridgehead atoms. The fourth-order valence-corrected chi connectivity index (χ4v) is 1.91. The molecule has 1 aliphatic rings. The van der Waals surface area contributed by atoms with E-state index in [2.05, 4.69) is 16.3 Å². The molecule has 4 heteroatoms. The molecule has 0 radical (unpaired) electrons. The molecule has 4 nitrogen and oxygen atoms in total. The van der Waals surface area contributed by atoms with Gasteiger partial charge in [-0.25, -0.2) is 0 Å². The number of hydrogen-bond donors (Lipinski definition) is 1. The van der Waals surface area contributed by atoms with Gasteiger partial charge in [-0.1, -0.05) is 0 Å². The lowest BCUT2D eigenvalue weighted by Gasteiger charge is -2.23. The lowest BCUT2D eigenvalue weighted by Crippen LogP contribution is -2.39. The summed E-state index contributed by atoms with van der Waals surface area (Å²) in [7, 11) is 1.85. The Labute approximate surface area is 98.6 Å². The minimum atomic E-state index is -0.373. The van der Waals surface area contributed by atoms with Gasteiger partial charge in [0, 0.05) is 19.7 Å². The molecule has 1 rings (SSSR count). The highest BCUT2D eigenvalue weighted by molar-refractivity contribution is 5.02. The largest absolute Gasteiger partial charge is 0.380 e. The molecular weight excluding hydrogens is 202 g/mol. The summed E-state index contributed by atoms with van der Waals surface area (Å²) >= 11 is 0. The molecule has 0 saturated carbocycles. The van der Waals surface area contributed by atoms with Gasteiger partial charge in [0.15, 0.2) is 0 Å². The van der Waals surface area contributed by atoms with E-state index in [4.69, 9.17) is 10.00 Å². The molecule has 92 valence electrons. The van der Waals surface area contributed by atoms with E-state index < -0.39 is 0 Å². The number of nitrogens with one attached hydrogen (secondary N) is 1. The third kappa shape index (κ3) is 4.48. The number of rotatable bonds is 5. The highest BCUT2D eigenvalue weighted by Gasteiger charge is 2.20. The highest BCUT2D eigenvalue weighted by Crippen LogP contribution is 2.11. The van der Waals surface area contributed by atoms with Crippen LogP contribution in [-0.4, -0.2) is 50.3 Å². The SMILES string of the molecule is CNC(C)(C#N)CCCN1CCCOCC1. The quantitative estimate of drug-likeness (QED) is 0.758. The molecule has 1 fully saturated rings. The molecule has 1 saturated heterocycles. The highest BCUT2D eigenvalue weighted by atomic mass is 16.5. The molecule has 1 atom stereocenters. The first-order valence-corrected chi connectivity index (χ1v) is 6.10. The second kappa shape index (κ2) is 6.85. The van der Waals surface area contributed by atoms with Crippen molar-refractivity contribution >= 4 is 0 Å². The fraction of sp³-hybridized carbons (Fsp3) is 0.917. The molecule has 0 aromatic heterocycles. The predicted octanol–water partition coefficient (Wildman–Crippen LogP) is 0.991. The van der Waals surface area contributed by atoms with Crippen molar-refractivity contribution in [3.63, 3.8) is 0 Å². The topological polar surface area (TPSA) is 48.3 Å². The Bertz CT molecular complexity index is 231. The lowest BCUT2D eigenvalue weighted by atomic mass is 9.98. The Morgan fingerprint density at radius 3 is 2.94 bits per heavy atom. The first-order chi connectivity index (χ1) is 7.70. The Morgan fingerprint density at radius 1 is 1.44 bits per heavy atom. The van der Waals surface area contributed by atoms with Crippen molar-refractivity contribution in [1.29, 1.82) is 5.26 Å². The van der Waals surface area contributed by atoms with Gasteiger partial charge in [0.05, 0.1) is 12.7 Å². The second-order valence-electron chi connectivity index (χ2n) is 4.61. The van der Waals surface area contributed by atoms with Crippen LogP contribution in [0.2, 0.25) is 0 Å². The van der Waals surface area contributed by atoms with Crippen molar-refractivity contribution in [3.05, 3.63) is 0 Å². The minimum absolute atomic E-state index is 0.373. The summed E-state index contributed by atoms with van der Waals surface area (Å²) in [6.45, 7) is 6.93. The van der Waals surface area contributed by atoms with E-state index in [-0.39, 0.29) is 5.54 Å². The lowest BCUT2D eigenvalue weighted by molar-refractivity contribution is 0.141. The van der Waals surface area contributed by atoms with Gasteiger partial charge in [-0.3, -0.25) is 0 Å². The zero-order valence-corrected chi connectivity index (χ0v) is 10.5. The van der Waals surface area contributed by atoms with E-state index in [1.807, 2.05) is 14.0 Å². The van der Waals surface area contributed by atoms with Crippen LogP contribution in [0.4, 0.5) is 0 Å². The van der Waals surface area contributed by atoms with Crippen LogP contribution in [0.1, 0.15) is 26.2 Å². The van der Waals surface area contributed by atoms with E-state index in [0.717, 1.165) is 52.1 Å². The van der Waals surface area contributed by atoms with Crippen molar-refractivity contribution in [2.75, 3.05) is 39.9 Å². The van der Waals surface area contributed by atoms with Gasteiger partial charge in [-0.15, -0.1) is 0 Å². The van der Waals surface area contributed by atoms with Crippen LogP contribution in [0.15, 0.2) is 0 Å². The zero-order chi connectivity index (χ0) is 11.9. The van der Waals surface area contributed by atoms with Crippen molar-refractivity contribution in [3.8, 4) is 6.07 Å². The molecule has 1 aliphatic heterocycles. The van der Waals surface area contributed by atoms with Crippen LogP contribution in [0.5, 0.6) is 0 Å². The number of hydrogen-bond acceptors (Lipinski definition) is 4. The van der Waals surface area contributed by atoms with E-state index >= 15 is 0 Å². The first kappa shape index (κ1) is 13.4. The van der Waals surface area contributed by atoms with Crippen molar-refractivity contribution in [2.24, 2.45) is 0 Å². The number of nitrogens with zero attached hydrogens (tertiary/aromatic N) is 2. The summed E-state index contributed by atoms with van der Waals surface area (Å²) < 4.78 is 5.41. The first-order valence-electron chi connectivity index (χ1n) is 6.10. The van der Waals surface area contributed by atoms with Gasteiger partial charge in [0.1, 0.15) is 5.54 Å². The third-order valence-corrected chi connectivity index (χ3v) is 3.26. The summed E-state index contributed by atoms with van der Waals surface area (Å²) in [6, 6.07) is 2.32. The monoisotopic (exact) mass is 225 g/mol. The van der Waals surface area contributed by atoms with Crippen molar-refractivity contribution in [1.82, 2.24) is 10.2 Å². The molecular formula is C12H23N3O. The average Bonchev–Trinajstić information content (AvgIpc) is 2.57. The summed E-state index contributed by atoms with van der Waals surface area (Å²) in [5, 5.41) is 12.1. The van der Waals surface area contributed by atoms with Crippen LogP contribution in [0, 0.1) is 11.3 Å². The van der Waals surface area contributed by atoms with E-state index in [0.29, 0.717) is 0 Å². The third-order valence-electron chi connectivity index (χ3n) is 3.26. The molecule has 1 unspecified atom stereocenters. The minimum Gasteiger partial charge on any atom is -0.380 e. The number of ether oxygens (including phenoxy) is 1. The Hall–Kier alpha value is -0.630. The van der Waals surface area contributed by atoms with Crippen LogP contribution in [0.25, 0.3) is 0 Å². The molecule has 0 aromatic carbocycles. The normalized spacial score (nSPS) is 22.1. The molecule has 0 amide bonds. The maximum Gasteiger partial charge on any atom is 0.103 e.